The van der Waals surface area contributed by atoms with Crippen LogP contribution in [0.5, 0.6) is 0 Å². The van der Waals surface area contributed by atoms with Crippen LogP contribution in [0.2, 0.25) is 0 Å². The van der Waals surface area contributed by atoms with E-state index in [9.17, 15) is 9.59 Å². The lowest BCUT2D eigenvalue weighted by atomic mass is 10.4. The van der Waals surface area contributed by atoms with E-state index in [1.54, 1.807) is 6.92 Å². The molecule has 0 amide bonds. The summed E-state index contributed by atoms with van der Waals surface area (Å²) in [5.41, 5.74) is 0. The number of hydrogen-bond donors (Lipinski definition) is 2. The molecule has 0 aromatic heterocycles. The average Bonchev–Trinajstić information content (AvgIpc) is 2.27. The third-order valence-corrected chi connectivity index (χ3v) is 1.13. The number of rotatable bonds is 5. The van der Waals surface area contributed by atoms with E-state index in [0.29, 0.717) is 6.61 Å². The fourth-order valence-electron chi connectivity index (χ4n) is 0.468. The molecule has 0 aromatic rings. The Morgan fingerprint density at radius 1 is 1.44 bits per heavy atom. The standard InChI is InChI=1S/C5H10O3.C5H8O3/c1-3-8-5(7)4(2)6;1-2-5(7)8-4-3-6/h4,6H,3H2,1-2H3;2,6H,1,3-4H2. The van der Waals surface area contributed by atoms with Crippen molar-refractivity contribution < 1.29 is 29.3 Å². The molecule has 6 nitrogen and oxygen atoms in total. The van der Waals surface area contributed by atoms with Crippen LogP contribution in [-0.4, -0.2) is 48.1 Å². The summed E-state index contributed by atoms with van der Waals surface area (Å²) >= 11 is 0. The maximum Gasteiger partial charge on any atom is 0.334 e. The summed E-state index contributed by atoms with van der Waals surface area (Å²) in [5.74, 6) is -1.06. The average molecular weight is 234 g/mol. The van der Waals surface area contributed by atoms with Crippen molar-refractivity contribution in [3.05, 3.63) is 12.7 Å². The first-order valence-corrected chi connectivity index (χ1v) is 4.74. The van der Waals surface area contributed by atoms with Crippen LogP contribution in [0.3, 0.4) is 0 Å². The van der Waals surface area contributed by atoms with Gasteiger partial charge in [0, 0.05) is 6.08 Å². The van der Waals surface area contributed by atoms with Crippen LogP contribution in [0.1, 0.15) is 13.8 Å². The molecule has 0 saturated carbocycles. The Bertz CT molecular complexity index is 211. The van der Waals surface area contributed by atoms with Crippen LogP contribution in [0, 0.1) is 0 Å². The van der Waals surface area contributed by atoms with Gasteiger partial charge in [-0.15, -0.1) is 0 Å². The Kier molecular flexibility index (Phi) is 12.4. The summed E-state index contributed by atoms with van der Waals surface area (Å²) in [6, 6.07) is 0. The second-order valence-electron chi connectivity index (χ2n) is 2.52. The molecule has 0 bridgehead atoms. The largest absolute Gasteiger partial charge is 0.464 e. The number of aliphatic hydroxyl groups is 2. The van der Waals surface area contributed by atoms with Crippen LogP contribution in [-0.2, 0) is 19.1 Å². The first-order chi connectivity index (χ1) is 7.49. The third kappa shape index (κ3) is 12.6. The van der Waals surface area contributed by atoms with Gasteiger partial charge in [-0.1, -0.05) is 6.58 Å². The lowest BCUT2D eigenvalue weighted by Gasteiger charge is -2.01. The summed E-state index contributed by atoms with van der Waals surface area (Å²) in [6.45, 7) is 6.46. The van der Waals surface area contributed by atoms with Crippen molar-refractivity contribution in [1.82, 2.24) is 0 Å². The Balaban J connectivity index is 0. The molecule has 6 heteroatoms. The normalized spacial score (nSPS) is 10.5. The van der Waals surface area contributed by atoms with Gasteiger partial charge in [-0.05, 0) is 13.8 Å². The molecule has 2 N–H and O–H groups in total. The fraction of sp³-hybridized carbons (Fsp3) is 0.600. The summed E-state index contributed by atoms with van der Waals surface area (Å²) < 4.78 is 8.75. The molecule has 0 aliphatic heterocycles. The van der Waals surface area contributed by atoms with Crippen LogP contribution < -0.4 is 0 Å². The zero-order valence-corrected chi connectivity index (χ0v) is 9.51. The zero-order chi connectivity index (χ0) is 13.0. The fourth-order valence-corrected chi connectivity index (χ4v) is 0.468. The molecule has 16 heavy (non-hydrogen) atoms. The number of carbonyl (C=O) groups excluding carboxylic acids is 2. The van der Waals surface area contributed by atoms with Gasteiger partial charge in [-0.2, -0.15) is 0 Å². The molecular formula is C10H18O6. The Labute approximate surface area is 94.5 Å². The topological polar surface area (TPSA) is 93.1 Å². The predicted molar refractivity (Wildman–Crippen MR) is 56.6 cm³/mol. The SMILES string of the molecule is C=CC(=O)OCCO.CCOC(=O)C(C)O. The minimum absolute atomic E-state index is 0.0465. The minimum atomic E-state index is -0.991. The molecule has 1 unspecified atom stereocenters. The van der Waals surface area contributed by atoms with Crippen LogP contribution >= 0.6 is 0 Å². The molecule has 0 aromatic carbocycles. The van der Waals surface area contributed by atoms with Gasteiger partial charge in [0.1, 0.15) is 12.7 Å². The number of ether oxygens (including phenoxy) is 2. The van der Waals surface area contributed by atoms with Crippen molar-refractivity contribution >= 4 is 11.9 Å². The van der Waals surface area contributed by atoms with Gasteiger partial charge >= 0.3 is 11.9 Å². The molecule has 94 valence electrons. The molecule has 0 fully saturated rings. The lowest BCUT2D eigenvalue weighted by Crippen LogP contribution is -2.18. The smallest absolute Gasteiger partial charge is 0.334 e. The van der Waals surface area contributed by atoms with Gasteiger partial charge in [0.05, 0.1) is 13.2 Å². The van der Waals surface area contributed by atoms with Crippen LogP contribution in [0.15, 0.2) is 12.7 Å². The molecule has 0 heterocycles. The molecular weight excluding hydrogens is 216 g/mol. The number of hydrogen-bond acceptors (Lipinski definition) is 6. The second-order valence-corrected chi connectivity index (χ2v) is 2.52. The summed E-state index contributed by atoms with van der Waals surface area (Å²) in [7, 11) is 0. The molecule has 0 aliphatic carbocycles. The van der Waals surface area contributed by atoms with Crippen molar-refractivity contribution in [3.63, 3.8) is 0 Å². The summed E-state index contributed by atoms with van der Waals surface area (Å²) in [6.07, 6.45) is 0.0605. The van der Waals surface area contributed by atoms with Gasteiger partial charge in [0.2, 0.25) is 0 Å². The van der Waals surface area contributed by atoms with Gasteiger partial charge in [0.25, 0.3) is 0 Å². The monoisotopic (exact) mass is 234 g/mol. The van der Waals surface area contributed by atoms with Gasteiger partial charge in [0.15, 0.2) is 0 Å². The second kappa shape index (κ2) is 11.7. The molecule has 0 spiro atoms. The van der Waals surface area contributed by atoms with E-state index in [0.717, 1.165) is 6.08 Å². The van der Waals surface area contributed by atoms with Gasteiger partial charge in [-0.25, -0.2) is 9.59 Å². The van der Waals surface area contributed by atoms with E-state index in [4.69, 9.17) is 10.2 Å². The molecule has 1 atom stereocenters. The quantitative estimate of drug-likeness (QED) is 0.498. The van der Waals surface area contributed by atoms with Crippen molar-refractivity contribution in [2.24, 2.45) is 0 Å². The lowest BCUT2D eigenvalue weighted by molar-refractivity contribution is -0.151. The Morgan fingerprint density at radius 2 is 2.00 bits per heavy atom. The highest BCUT2D eigenvalue weighted by Crippen LogP contribution is 1.84. The van der Waals surface area contributed by atoms with E-state index < -0.39 is 18.0 Å². The molecule has 0 saturated heterocycles. The van der Waals surface area contributed by atoms with E-state index in [1.165, 1.54) is 6.92 Å². The number of esters is 2. The van der Waals surface area contributed by atoms with Crippen LogP contribution in [0.25, 0.3) is 0 Å². The van der Waals surface area contributed by atoms with Gasteiger partial charge in [-0.3, -0.25) is 0 Å². The number of carbonyl (C=O) groups is 2. The highest BCUT2D eigenvalue weighted by molar-refractivity contribution is 5.81. The Morgan fingerprint density at radius 3 is 2.25 bits per heavy atom. The predicted octanol–water partition coefficient (Wildman–Crippen LogP) is -0.362. The van der Waals surface area contributed by atoms with E-state index >= 15 is 0 Å². The van der Waals surface area contributed by atoms with Crippen molar-refractivity contribution in [2.75, 3.05) is 19.8 Å². The summed E-state index contributed by atoms with van der Waals surface area (Å²) in [4.78, 5) is 20.4. The minimum Gasteiger partial charge on any atom is -0.464 e. The third-order valence-electron chi connectivity index (χ3n) is 1.13. The maximum absolute atomic E-state index is 10.3. The molecule has 0 rings (SSSR count). The summed E-state index contributed by atoms with van der Waals surface area (Å²) in [5, 5.41) is 16.6. The molecule has 0 aliphatic rings. The van der Waals surface area contributed by atoms with E-state index in [1.807, 2.05) is 0 Å². The highest BCUT2D eigenvalue weighted by atomic mass is 16.5. The van der Waals surface area contributed by atoms with Crippen molar-refractivity contribution in [2.45, 2.75) is 20.0 Å². The van der Waals surface area contributed by atoms with Gasteiger partial charge < -0.3 is 19.7 Å². The first-order valence-electron chi connectivity index (χ1n) is 4.74. The highest BCUT2D eigenvalue weighted by Gasteiger charge is 2.07. The zero-order valence-electron chi connectivity index (χ0n) is 9.51. The number of aliphatic hydroxyl groups excluding tert-OH is 2. The molecule has 0 radical (unpaired) electrons. The van der Waals surface area contributed by atoms with Crippen molar-refractivity contribution in [1.29, 1.82) is 0 Å². The van der Waals surface area contributed by atoms with E-state index in [-0.39, 0.29) is 13.2 Å². The van der Waals surface area contributed by atoms with E-state index in [2.05, 4.69) is 16.1 Å². The Hall–Kier alpha value is -1.40. The van der Waals surface area contributed by atoms with Crippen LogP contribution in [0.4, 0.5) is 0 Å². The van der Waals surface area contributed by atoms with Crippen molar-refractivity contribution in [3.8, 4) is 0 Å². The maximum atomic E-state index is 10.3. The first kappa shape index (κ1) is 17.0.